The number of fused-ring (bicyclic) bond motifs is 3. The molecule has 1 aliphatic heterocycles. The standard InChI is InChI=1S/C24H24N6O4/c1-16-5-6-20-19(13-16)22-23(26-20)24(32)29(15-25-22)8-7-21(31)28-11-9-27(10-12-28)17-3-2-4-18(14-17)30(33)34/h2-6,13-15,26H,7-12H2,1H3. The van der Waals surface area contributed by atoms with Gasteiger partial charge in [0.15, 0.2) is 0 Å². The first-order valence-electron chi connectivity index (χ1n) is 11.2. The molecule has 3 heterocycles. The number of rotatable bonds is 5. The van der Waals surface area contributed by atoms with E-state index in [1.54, 1.807) is 17.0 Å². The van der Waals surface area contributed by atoms with Gasteiger partial charge in [-0.3, -0.25) is 24.3 Å². The number of carbonyl (C=O) groups excluding carboxylic acids is 1. The first-order chi connectivity index (χ1) is 16.4. The topological polar surface area (TPSA) is 117 Å². The maximum absolute atomic E-state index is 13.0. The Hall–Kier alpha value is -4.21. The highest BCUT2D eigenvalue weighted by atomic mass is 16.6. The van der Waals surface area contributed by atoms with Crippen LogP contribution in [0.25, 0.3) is 21.9 Å². The molecule has 4 aromatic rings. The molecule has 2 aromatic heterocycles. The van der Waals surface area contributed by atoms with Gasteiger partial charge in [-0.25, -0.2) is 4.98 Å². The molecule has 5 rings (SSSR count). The van der Waals surface area contributed by atoms with Crippen LogP contribution in [0.2, 0.25) is 0 Å². The Bertz CT molecular complexity index is 1470. The molecule has 1 saturated heterocycles. The molecule has 0 atom stereocenters. The number of hydrogen-bond donors (Lipinski definition) is 1. The molecule has 0 saturated carbocycles. The summed E-state index contributed by atoms with van der Waals surface area (Å²) in [4.78, 5) is 47.8. The number of nitro benzene ring substituents is 1. The van der Waals surface area contributed by atoms with Crippen molar-refractivity contribution in [2.75, 3.05) is 31.1 Å². The van der Waals surface area contributed by atoms with E-state index in [2.05, 4.69) is 9.97 Å². The van der Waals surface area contributed by atoms with E-state index in [0.717, 1.165) is 22.2 Å². The van der Waals surface area contributed by atoms with Gasteiger partial charge >= 0.3 is 0 Å². The van der Waals surface area contributed by atoms with Crippen LogP contribution in [0.5, 0.6) is 0 Å². The summed E-state index contributed by atoms with van der Waals surface area (Å²) in [6.07, 6.45) is 1.71. The first kappa shape index (κ1) is 21.6. The number of hydrogen-bond acceptors (Lipinski definition) is 6. The van der Waals surface area contributed by atoms with Crippen molar-refractivity contribution < 1.29 is 9.72 Å². The lowest BCUT2D eigenvalue weighted by Gasteiger charge is -2.36. The fourth-order valence-electron chi connectivity index (χ4n) is 4.45. The molecule has 0 spiro atoms. The number of benzene rings is 2. The minimum Gasteiger partial charge on any atom is -0.368 e. The average Bonchev–Trinajstić information content (AvgIpc) is 3.22. The highest BCUT2D eigenvalue weighted by Crippen LogP contribution is 2.23. The maximum Gasteiger partial charge on any atom is 0.277 e. The van der Waals surface area contributed by atoms with Crippen molar-refractivity contribution in [1.29, 1.82) is 0 Å². The number of anilines is 1. The third-order valence-corrected chi connectivity index (χ3v) is 6.33. The van der Waals surface area contributed by atoms with Gasteiger partial charge < -0.3 is 14.8 Å². The quantitative estimate of drug-likeness (QED) is 0.362. The Kier molecular flexibility index (Phi) is 5.48. The van der Waals surface area contributed by atoms with Gasteiger partial charge in [-0.15, -0.1) is 0 Å². The number of nitrogens with zero attached hydrogens (tertiary/aromatic N) is 5. The molecule has 10 nitrogen and oxygen atoms in total. The van der Waals surface area contributed by atoms with E-state index in [1.807, 2.05) is 36.1 Å². The van der Waals surface area contributed by atoms with Crippen molar-refractivity contribution in [3.8, 4) is 0 Å². The van der Waals surface area contributed by atoms with Crippen LogP contribution in [0.3, 0.4) is 0 Å². The number of H-pyrrole nitrogens is 1. The summed E-state index contributed by atoms with van der Waals surface area (Å²) in [5.41, 5.74) is 3.68. The van der Waals surface area contributed by atoms with Gasteiger partial charge in [-0.1, -0.05) is 17.7 Å². The molecule has 1 fully saturated rings. The van der Waals surface area contributed by atoms with E-state index >= 15 is 0 Å². The summed E-state index contributed by atoms with van der Waals surface area (Å²) in [5.74, 6) is -0.0297. The summed E-state index contributed by atoms with van der Waals surface area (Å²) in [5, 5.41) is 11.9. The smallest absolute Gasteiger partial charge is 0.277 e. The van der Waals surface area contributed by atoms with Crippen molar-refractivity contribution >= 4 is 39.2 Å². The molecule has 34 heavy (non-hydrogen) atoms. The van der Waals surface area contributed by atoms with Crippen molar-refractivity contribution in [3.05, 3.63) is 74.8 Å². The molecule has 1 aliphatic rings. The Morgan fingerprint density at radius 2 is 1.94 bits per heavy atom. The lowest BCUT2D eigenvalue weighted by atomic mass is 10.2. The summed E-state index contributed by atoms with van der Waals surface area (Å²) in [6, 6.07) is 12.4. The molecule has 0 radical (unpaired) electrons. The van der Waals surface area contributed by atoms with Gasteiger partial charge in [-0.05, 0) is 25.1 Å². The molecule has 0 unspecified atom stereocenters. The van der Waals surface area contributed by atoms with Crippen molar-refractivity contribution in [3.63, 3.8) is 0 Å². The van der Waals surface area contributed by atoms with Gasteiger partial charge in [0.05, 0.1) is 11.3 Å². The van der Waals surface area contributed by atoms with Gasteiger partial charge in [0.2, 0.25) is 5.91 Å². The van der Waals surface area contributed by atoms with Gasteiger partial charge in [0, 0.05) is 67.9 Å². The predicted octanol–water partition coefficient (Wildman–Crippen LogP) is 2.83. The Balaban J connectivity index is 1.23. The number of nitro groups is 1. The Morgan fingerprint density at radius 1 is 1.15 bits per heavy atom. The number of aromatic nitrogens is 3. The maximum atomic E-state index is 13.0. The molecule has 2 aromatic carbocycles. The second kappa shape index (κ2) is 8.62. The van der Waals surface area contributed by atoms with Crippen LogP contribution in [0, 0.1) is 17.0 Å². The van der Waals surface area contributed by atoms with E-state index in [0.29, 0.717) is 37.2 Å². The number of aryl methyl sites for hydroxylation is 2. The molecule has 0 bridgehead atoms. The SMILES string of the molecule is Cc1ccc2[nH]c3c(=O)n(CCC(=O)N4CCN(c5cccc([N+](=O)[O-])c5)CC4)cnc3c2c1. The normalized spacial score (nSPS) is 14.1. The van der Waals surface area contributed by atoms with Gasteiger partial charge in [0.1, 0.15) is 11.0 Å². The van der Waals surface area contributed by atoms with E-state index in [9.17, 15) is 19.7 Å². The Morgan fingerprint density at radius 3 is 2.71 bits per heavy atom. The monoisotopic (exact) mass is 460 g/mol. The number of nitrogens with one attached hydrogen (secondary N) is 1. The van der Waals surface area contributed by atoms with E-state index < -0.39 is 4.92 Å². The zero-order chi connectivity index (χ0) is 23.8. The number of carbonyl (C=O) groups is 1. The van der Waals surface area contributed by atoms with Crippen molar-refractivity contribution in [2.45, 2.75) is 19.9 Å². The van der Waals surface area contributed by atoms with E-state index in [1.165, 1.54) is 17.0 Å². The third-order valence-electron chi connectivity index (χ3n) is 6.33. The molecular formula is C24H24N6O4. The second-order valence-electron chi connectivity index (χ2n) is 8.54. The van der Waals surface area contributed by atoms with E-state index in [4.69, 9.17) is 0 Å². The zero-order valence-electron chi connectivity index (χ0n) is 18.7. The molecule has 174 valence electrons. The van der Waals surface area contributed by atoms with Crippen LogP contribution in [-0.2, 0) is 11.3 Å². The summed E-state index contributed by atoms with van der Waals surface area (Å²) >= 11 is 0. The minimum atomic E-state index is -0.408. The number of non-ortho nitro benzene ring substituents is 1. The molecular weight excluding hydrogens is 436 g/mol. The van der Waals surface area contributed by atoms with Crippen LogP contribution < -0.4 is 10.5 Å². The predicted molar refractivity (Wildman–Crippen MR) is 129 cm³/mol. The fraction of sp³-hybridized carbons (Fsp3) is 0.292. The van der Waals surface area contributed by atoms with Crippen molar-refractivity contribution in [1.82, 2.24) is 19.4 Å². The van der Waals surface area contributed by atoms with Gasteiger partial charge in [-0.2, -0.15) is 0 Å². The summed E-state index contributed by atoms with van der Waals surface area (Å²) < 4.78 is 1.47. The molecule has 1 amide bonds. The lowest BCUT2D eigenvalue weighted by molar-refractivity contribution is -0.384. The van der Waals surface area contributed by atoms with Crippen LogP contribution in [0.4, 0.5) is 11.4 Å². The van der Waals surface area contributed by atoms with Crippen LogP contribution >= 0.6 is 0 Å². The first-order valence-corrected chi connectivity index (χ1v) is 11.2. The molecule has 0 aliphatic carbocycles. The number of amides is 1. The fourth-order valence-corrected chi connectivity index (χ4v) is 4.45. The average molecular weight is 460 g/mol. The lowest BCUT2D eigenvalue weighted by Crippen LogP contribution is -2.49. The molecule has 10 heteroatoms. The third kappa shape index (κ3) is 3.98. The van der Waals surface area contributed by atoms with Crippen molar-refractivity contribution in [2.24, 2.45) is 0 Å². The number of piperazine rings is 1. The summed E-state index contributed by atoms with van der Waals surface area (Å²) in [6.45, 7) is 4.47. The van der Waals surface area contributed by atoms with Gasteiger partial charge in [0.25, 0.3) is 11.2 Å². The summed E-state index contributed by atoms with van der Waals surface area (Å²) in [7, 11) is 0. The van der Waals surface area contributed by atoms with Crippen LogP contribution in [0.1, 0.15) is 12.0 Å². The number of aromatic amines is 1. The highest BCUT2D eigenvalue weighted by Gasteiger charge is 2.22. The minimum absolute atomic E-state index is 0.0297. The van der Waals surface area contributed by atoms with E-state index in [-0.39, 0.29) is 30.1 Å². The Labute approximate surface area is 194 Å². The highest BCUT2D eigenvalue weighted by molar-refractivity contribution is 6.04. The van der Waals surface area contributed by atoms with Crippen LogP contribution in [-0.4, -0.2) is 56.4 Å². The van der Waals surface area contributed by atoms with Crippen LogP contribution in [0.15, 0.2) is 53.6 Å². The zero-order valence-corrected chi connectivity index (χ0v) is 18.7. The second-order valence-corrected chi connectivity index (χ2v) is 8.54. The largest absolute Gasteiger partial charge is 0.368 e. The molecule has 1 N–H and O–H groups in total.